The normalized spacial score (nSPS) is 22.6. The summed E-state index contributed by atoms with van der Waals surface area (Å²) in [6.45, 7) is 0. The Bertz CT molecular complexity index is 178. The van der Waals surface area contributed by atoms with Crippen LogP contribution in [0.2, 0.25) is 0 Å². The van der Waals surface area contributed by atoms with Crippen molar-refractivity contribution in [1.29, 1.82) is 0 Å². The summed E-state index contributed by atoms with van der Waals surface area (Å²) in [6, 6.07) is 0. The van der Waals surface area contributed by atoms with Crippen LogP contribution in [-0.2, 0) is 14.4 Å². The van der Waals surface area contributed by atoms with Crippen LogP contribution in [0.1, 0.15) is 6.42 Å². The Morgan fingerprint density at radius 3 is 2.60 bits per heavy atom. The summed E-state index contributed by atoms with van der Waals surface area (Å²) >= 11 is 0. The smallest absolute Gasteiger partial charge is 0.256 e. The van der Waals surface area contributed by atoms with Crippen molar-refractivity contribution < 1.29 is 14.4 Å². The van der Waals surface area contributed by atoms with E-state index in [1.807, 2.05) is 0 Å². The third-order valence-electron chi connectivity index (χ3n) is 1.52. The minimum atomic E-state index is -0.412. The molecule has 10 heavy (non-hydrogen) atoms. The Kier molecular flexibility index (Phi) is 1.72. The Balaban J connectivity index is 2.42. The van der Waals surface area contributed by atoms with Gasteiger partial charge in [0.1, 0.15) is 11.7 Å². The van der Waals surface area contributed by atoms with Crippen molar-refractivity contribution in [3.05, 3.63) is 0 Å². The molecule has 0 aromatic rings. The second-order valence-electron chi connectivity index (χ2n) is 2.24. The molecule has 0 heterocycles. The summed E-state index contributed by atoms with van der Waals surface area (Å²) in [6.07, 6.45) is 0.381. The Hall–Kier alpha value is -0.900. The molecule has 0 aromatic heterocycles. The molecule has 0 aromatic carbocycles. The second kappa shape index (κ2) is 2.38. The highest BCUT2D eigenvalue weighted by molar-refractivity contribution is 6.13. The van der Waals surface area contributed by atoms with Crippen molar-refractivity contribution in [2.45, 2.75) is 6.42 Å². The number of carbonyl (C=O) groups excluding carboxylic acids is 2. The standard InChI is InChI=1S/C6H9NO3/c1-7(10-2)6(9)4-3-5(4)8/h4H,3H2,1-2H3. The highest BCUT2D eigenvalue weighted by Gasteiger charge is 2.43. The van der Waals surface area contributed by atoms with Crippen molar-refractivity contribution in [1.82, 2.24) is 5.06 Å². The molecule has 1 unspecified atom stereocenters. The van der Waals surface area contributed by atoms with Crippen LogP contribution in [0.25, 0.3) is 0 Å². The number of hydrogen-bond acceptors (Lipinski definition) is 3. The number of hydrogen-bond donors (Lipinski definition) is 0. The summed E-state index contributed by atoms with van der Waals surface area (Å²) in [5.41, 5.74) is 0. The van der Waals surface area contributed by atoms with Crippen LogP contribution >= 0.6 is 0 Å². The van der Waals surface area contributed by atoms with Gasteiger partial charge in [-0.1, -0.05) is 0 Å². The third-order valence-corrected chi connectivity index (χ3v) is 1.52. The molecule has 1 atom stereocenters. The average Bonchev–Trinajstić information content (AvgIpc) is 2.63. The molecule has 1 saturated carbocycles. The molecule has 4 nitrogen and oxygen atoms in total. The van der Waals surface area contributed by atoms with E-state index in [2.05, 4.69) is 4.84 Å². The van der Waals surface area contributed by atoms with Crippen molar-refractivity contribution in [3.8, 4) is 0 Å². The van der Waals surface area contributed by atoms with E-state index in [0.717, 1.165) is 5.06 Å². The minimum Gasteiger partial charge on any atom is -0.299 e. The van der Waals surface area contributed by atoms with Crippen molar-refractivity contribution in [2.75, 3.05) is 14.2 Å². The molecule has 1 aliphatic carbocycles. The Labute approximate surface area is 58.7 Å². The van der Waals surface area contributed by atoms with Gasteiger partial charge in [-0.2, -0.15) is 0 Å². The van der Waals surface area contributed by atoms with Gasteiger partial charge in [-0.05, 0) is 0 Å². The number of ketones is 1. The molecular formula is C6H9NO3. The van der Waals surface area contributed by atoms with Gasteiger partial charge in [0.15, 0.2) is 0 Å². The molecule has 0 bridgehead atoms. The number of nitrogens with zero attached hydrogens (tertiary/aromatic N) is 1. The van der Waals surface area contributed by atoms with E-state index < -0.39 is 5.92 Å². The molecule has 1 aliphatic rings. The first kappa shape index (κ1) is 7.21. The van der Waals surface area contributed by atoms with Gasteiger partial charge in [-0.25, -0.2) is 5.06 Å². The van der Waals surface area contributed by atoms with Crippen LogP contribution in [-0.4, -0.2) is 30.9 Å². The topological polar surface area (TPSA) is 46.6 Å². The molecule has 1 fully saturated rings. The molecule has 4 heteroatoms. The molecule has 1 amide bonds. The SMILES string of the molecule is CON(C)C(=O)C1CC1=O. The fourth-order valence-corrected chi connectivity index (χ4v) is 0.677. The summed E-state index contributed by atoms with van der Waals surface area (Å²) in [5, 5.41) is 1.08. The number of carbonyl (C=O) groups is 2. The molecule has 0 spiro atoms. The fraction of sp³-hybridized carbons (Fsp3) is 0.667. The van der Waals surface area contributed by atoms with Crippen LogP contribution < -0.4 is 0 Å². The first-order valence-electron chi connectivity index (χ1n) is 3.01. The molecule has 0 radical (unpaired) electrons. The fourth-order valence-electron chi connectivity index (χ4n) is 0.677. The van der Waals surface area contributed by atoms with Gasteiger partial charge in [0.25, 0.3) is 5.91 Å². The van der Waals surface area contributed by atoms with E-state index in [1.165, 1.54) is 14.2 Å². The number of rotatable bonds is 2. The summed E-state index contributed by atoms with van der Waals surface area (Å²) < 4.78 is 0. The monoisotopic (exact) mass is 143 g/mol. The third kappa shape index (κ3) is 1.16. The zero-order chi connectivity index (χ0) is 7.72. The van der Waals surface area contributed by atoms with E-state index in [0.29, 0.717) is 6.42 Å². The molecule has 1 rings (SSSR count). The van der Waals surface area contributed by atoms with E-state index in [4.69, 9.17) is 0 Å². The quantitative estimate of drug-likeness (QED) is 0.390. The number of hydroxylamine groups is 2. The van der Waals surface area contributed by atoms with Gasteiger partial charge in [-0.15, -0.1) is 0 Å². The lowest BCUT2D eigenvalue weighted by Crippen LogP contribution is -2.27. The maximum atomic E-state index is 10.9. The van der Waals surface area contributed by atoms with Crippen LogP contribution in [0.3, 0.4) is 0 Å². The van der Waals surface area contributed by atoms with Crippen molar-refractivity contribution >= 4 is 11.7 Å². The van der Waals surface area contributed by atoms with Crippen LogP contribution in [0.15, 0.2) is 0 Å². The minimum absolute atomic E-state index is 0.00824. The molecule has 0 saturated heterocycles. The predicted molar refractivity (Wildman–Crippen MR) is 32.9 cm³/mol. The largest absolute Gasteiger partial charge is 0.299 e. The zero-order valence-electron chi connectivity index (χ0n) is 5.96. The highest BCUT2D eigenvalue weighted by atomic mass is 16.7. The van der Waals surface area contributed by atoms with E-state index in [1.54, 1.807) is 0 Å². The van der Waals surface area contributed by atoms with Gasteiger partial charge < -0.3 is 0 Å². The van der Waals surface area contributed by atoms with Crippen LogP contribution in [0.5, 0.6) is 0 Å². The average molecular weight is 143 g/mol. The van der Waals surface area contributed by atoms with Crippen molar-refractivity contribution in [2.24, 2.45) is 5.92 Å². The van der Waals surface area contributed by atoms with Gasteiger partial charge in [0.05, 0.1) is 7.11 Å². The van der Waals surface area contributed by atoms with Crippen LogP contribution in [0, 0.1) is 5.92 Å². The van der Waals surface area contributed by atoms with Gasteiger partial charge in [0.2, 0.25) is 0 Å². The first-order valence-corrected chi connectivity index (χ1v) is 3.01. The lowest BCUT2D eigenvalue weighted by atomic mass is 10.4. The summed E-state index contributed by atoms with van der Waals surface area (Å²) in [5.74, 6) is -0.647. The maximum Gasteiger partial charge on any atom is 0.256 e. The van der Waals surface area contributed by atoms with Gasteiger partial charge in [0, 0.05) is 13.5 Å². The van der Waals surface area contributed by atoms with Gasteiger partial charge in [-0.3, -0.25) is 14.4 Å². The lowest BCUT2D eigenvalue weighted by Gasteiger charge is -2.11. The Morgan fingerprint density at radius 1 is 1.80 bits per heavy atom. The molecule has 0 aliphatic heterocycles. The zero-order valence-corrected chi connectivity index (χ0v) is 5.96. The lowest BCUT2D eigenvalue weighted by molar-refractivity contribution is -0.170. The Morgan fingerprint density at radius 2 is 2.30 bits per heavy atom. The van der Waals surface area contributed by atoms with Crippen LogP contribution in [0.4, 0.5) is 0 Å². The molecule has 0 N–H and O–H groups in total. The number of amides is 1. The van der Waals surface area contributed by atoms with Crippen molar-refractivity contribution in [3.63, 3.8) is 0 Å². The number of Topliss-reactive ketones (excluding diaryl/α,β-unsaturated/α-hetero) is 1. The highest BCUT2D eigenvalue weighted by Crippen LogP contribution is 2.25. The predicted octanol–water partition coefficient (Wildman–Crippen LogP) is -0.405. The summed E-state index contributed by atoms with van der Waals surface area (Å²) in [4.78, 5) is 26.0. The maximum absolute atomic E-state index is 10.9. The van der Waals surface area contributed by atoms with Gasteiger partial charge >= 0.3 is 0 Å². The first-order chi connectivity index (χ1) is 4.66. The van der Waals surface area contributed by atoms with E-state index >= 15 is 0 Å². The van der Waals surface area contributed by atoms with E-state index in [9.17, 15) is 9.59 Å². The molecule has 56 valence electrons. The summed E-state index contributed by atoms with van der Waals surface area (Å²) in [7, 11) is 2.89. The van der Waals surface area contributed by atoms with E-state index in [-0.39, 0.29) is 11.7 Å². The molecular weight excluding hydrogens is 134 g/mol. The second-order valence-corrected chi connectivity index (χ2v) is 2.24.